The zero-order valence-electron chi connectivity index (χ0n) is 24.1. The molecule has 0 aromatic heterocycles. The maximum Gasteiger partial charge on any atom is 0.402 e. The van der Waals surface area contributed by atoms with E-state index in [1.807, 2.05) is 31.2 Å². The number of hydrogen-bond acceptors (Lipinski definition) is 5. The van der Waals surface area contributed by atoms with Crippen molar-refractivity contribution in [2.45, 2.75) is 72.7 Å². The Morgan fingerprint density at radius 1 is 0.829 bits per heavy atom. The molecule has 1 saturated heterocycles. The molecule has 1 unspecified atom stereocenters. The molecule has 1 fully saturated rings. The van der Waals surface area contributed by atoms with Crippen LogP contribution in [0, 0.1) is 5.41 Å². The van der Waals surface area contributed by atoms with Crippen LogP contribution in [0.15, 0.2) is 87.5 Å². The number of alkyl halides is 2. The van der Waals surface area contributed by atoms with Gasteiger partial charge in [-0.05, 0) is 78.6 Å². The van der Waals surface area contributed by atoms with E-state index in [1.165, 1.54) is 17.7 Å². The van der Waals surface area contributed by atoms with Gasteiger partial charge in [-0.3, -0.25) is 4.55 Å². The van der Waals surface area contributed by atoms with Gasteiger partial charge in [-0.15, -0.1) is 0 Å². The molecule has 41 heavy (non-hydrogen) atoms. The van der Waals surface area contributed by atoms with E-state index >= 15 is 0 Å². The first-order valence-corrected chi connectivity index (χ1v) is 15.9. The molecule has 0 saturated carbocycles. The second kappa shape index (κ2) is 11.3. The van der Waals surface area contributed by atoms with E-state index in [9.17, 15) is 17.2 Å². The molecule has 1 atom stereocenters. The zero-order valence-corrected chi connectivity index (χ0v) is 25.7. The largest absolute Gasteiger partial charge is 0.486 e. The summed E-state index contributed by atoms with van der Waals surface area (Å²) in [4.78, 5) is 3.01. The van der Waals surface area contributed by atoms with Gasteiger partial charge in [0.25, 0.3) is 0 Å². The van der Waals surface area contributed by atoms with Gasteiger partial charge < -0.3 is 14.2 Å². The minimum absolute atomic E-state index is 0.00804. The van der Waals surface area contributed by atoms with Gasteiger partial charge in [0.15, 0.2) is 27.1 Å². The van der Waals surface area contributed by atoms with Crippen molar-refractivity contribution in [2.75, 3.05) is 19.8 Å². The zero-order chi connectivity index (χ0) is 30.3. The number of hydrogen-bond donors (Lipinski definition) is 1. The van der Waals surface area contributed by atoms with Crippen molar-refractivity contribution in [1.82, 2.24) is 0 Å². The van der Waals surface area contributed by atoms with Gasteiger partial charge in [0.2, 0.25) is 0 Å². The monoisotopic (exact) mass is 607 g/mol. The van der Waals surface area contributed by atoms with E-state index in [2.05, 4.69) is 58.9 Å². The van der Waals surface area contributed by atoms with E-state index in [0.29, 0.717) is 13.2 Å². The van der Waals surface area contributed by atoms with Crippen molar-refractivity contribution in [3.05, 3.63) is 83.9 Å². The molecule has 0 spiro atoms. The Morgan fingerprint density at radius 3 is 1.71 bits per heavy atom. The molecular formula is C31H37F2O6S2+. The van der Waals surface area contributed by atoms with Gasteiger partial charge in [-0.25, -0.2) is 0 Å². The first kappa shape index (κ1) is 31.4. The molecule has 4 rings (SSSR count). The summed E-state index contributed by atoms with van der Waals surface area (Å²) in [7, 11) is -6.13. The lowest BCUT2D eigenvalue weighted by Gasteiger charge is -2.41. The maximum atomic E-state index is 13.6. The summed E-state index contributed by atoms with van der Waals surface area (Å²) in [5, 5.41) is -4.41. The summed E-state index contributed by atoms with van der Waals surface area (Å²) in [6.07, 6.45) is 0. The van der Waals surface area contributed by atoms with Crippen molar-refractivity contribution in [3.63, 3.8) is 0 Å². The molecule has 0 bridgehead atoms. The van der Waals surface area contributed by atoms with Crippen LogP contribution in [0.25, 0.3) is 0 Å². The highest BCUT2D eigenvalue weighted by Crippen LogP contribution is 2.38. The minimum Gasteiger partial charge on any atom is -0.486 e. The lowest BCUT2D eigenvalue weighted by molar-refractivity contribution is -0.298. The Labute approximate surface area is 244 Å². The van der Waals surface area contributed by atoms with Gasteiger partial charge in [-0.2, -0.15) is 17.2 Å². The third-order valence-corrected chi connectivity index (χ3v) is 9.99. The first-order chi connectivity index (χ1) is 18.9. The van der Waals surface area contributed by atoms with Crippen LogP contribution in [-0.2, 0) is 41.7 Å². The number of halogens is 2. The third kappa shape index (κ3) is 7.29. The molecule has 6 nitrogen and oxygen atoms in total. The van der Waals surface area contributed by atoms with Gasteiger partial charge in [0.1, 0.15) is 5.75 Å². The summed E-state index contributed by atoms with van der Waals surface area (Å²) in [5.41, 5.74) is 2.05. The average Bonchev–Trinajstić information content (AvgIpc) is 2.90. The maximum absolute atomic E-state index is 13.6. The van der Waals surface area contributed by atoms with Gasteiger partial charge in [-0.1, -0.05) is 46.8 Å². The number of rotatable bonds is 8. The smallest absolute Gasteiger partial charge is 0.402 e. The fraction of sp³-hybridized carbons (Fsp3) is 0.419. The average molecular weight is 608 g/mol. The molecule has 1 N–H and O–H groups in total. The Kier molecular flexibility index (Phi) is 8.66. The van der Waals surface area contributed by atoms with Crippen LogP contribution >= 0.6 is 0 Å². The van der Waals surface area contributed by atoms with Crippen molar-refractivity contribution in [2.24, 2.45) is 5.41 Å². The van der Waals surface area contributed by atoms with E-state index in [-0.39, 0.29) is 16.6 Å². The second-order valence-corrected chi connectivity index (χ2v) is 15.7. The minimum atomic E-state index is -5.58. The fourth-order valence-electron chi connectivity index (χ4n) is 4.22. The molecule has 1 aliphatic heterocycles. The van der Waals surface area contributed by atoms with Crippen LogP contribution in [0.2, 0.25) is 0 Å². The molecular weight excluding hydrogens is 570 g/mol. The summed E-state index contributed by atoms with van der Waals surface area (Å²) in [6, 6.07) is 23.1. The van der Waals surface area contributed by atoms with Crippen molar-refractivity contribution < 1.29 is 36.0 Å². The molecule has 0 amide bonds. The molecule has 0 radical (unpaired) electrons. The van der Waals surface area contributed by atoms with Gasteiger partial charge in [0.05, 0.1) is 24.1 Å². The van der Waals surface area contributed by atoms with Crippen LogP contribution in [0.1, 0.15) is 52.7 Å². The van der Waals surface area contributed by atoms with Gasteiger partial charge in [0, 0.05) is 11.0 Å². The highest BCUT2D eigenvalue weighted by atomic mass is 32.2. The van der Waals surface area contributed by atoms with E-state index in [0.717, 1.165) is 20.2 Å². The summed E-state index contributed by atoms with van der Waals surface area (Å²) in [6.45, 7) is 12.3. The molecule has 1 aliphatic rings. The highest BCUT2D eigenvalue weighted by Gasteiger charge is 2.45. The lowest BCUT2D eigenvalue weighted by atomic mass is 9.87. The van der Waals surface area contributed by atoms with Crippen LogP contribution in [0.5, 0.6) is 5.75 Å². The SMILES string of the molecule is CC1(C)COC(C)(c2ccc([S+](c3ccc(OCC(F)(F)S(=O)(=O)O)cc3)c3ccc(C(C)(C)C)cc3)cc2)OC1. The Hall–Kier alpha value is -2.50. The summed E-state index contributed by atoms with van der Waals surface area (Å²) in [5.74, 6) is -0.786. The lowest BCUT2D eigenvalue weighted by Crippen LogP contribution is -2.43. The summed E-state index contributed by atoms with van der Waals surface area (Å²) < 4.78 is 75.0. The molecule has 0 aliphatic carbocycles. The standard InChI is InChI=1S/C31H36F2O6S2/c1-28(2,3)22-7-13-25(14-8-22)40(27-17-11-24(12-18-27)37-21-31(32,33)41(34,35)36)26-15-9-23(10-16-26)30(6)38-19-29(4,5)20-39-30/h7-18H,19-21H2,1-6H3/p+1. The molecule has 3 aromatic carbocycles. The van der Waals surface area contributed by atoms with Crippen molar-refractivity contribution in [3.8, 4) is 5.75 Å². The predicted octanol–water partition coefficient (Wildman–Crippen LogP) is 7.18. The fourth-order valence-corrected chi connectivity index (χ4v) is 6.47. The Bertz CT molecular complexity index is 1440. The first-order valence-electron chi connectivity index (χ1n) is 13.2. The quantitative estimate of drug-likeness (QED) is 0.216. The molecule has 222 valence electrons. The van der Waals surface area contributed by atoms with Crippen molar-refractivity contribution >= 4 is 21.0 Å². The van der Waals surface area contributed by atoms with Gasteiger partial charge >= 0.3 is 15.4 Å². The topological polar surface area (TPSA) is 82.1 Å². The highest BCUT2D eigenvalue weighted by molar-refractivity contribution is 7.97. The van der Waals surface area contributed by atoms with Crippen LogP contribution in [0.4, 0.5) is 8.78 Å². The van der Waals surface area contributed by atoms with Crippen LogP contribution in [0.3, 0.4) is 0 Å². The second-order valence-electron chi connectivity index (χ2n) is 12.2. The van der Waals surface area contributed by atoms with Crippen LogP contribution in [-0.4, -0.2) is 38.0 Å². The van der Waals surface area contributed by atoms with Crippen molar-refractivity contribution in [1.29, 1.82) is 0 Å². The predicted molar refractivity (Wildman–Crippen MR) is 155 cm³/mol. The Balaban J connectivity index is 1.65. The summed E-state index contributed by atoms with van der Waals surface area (Å²) >= 11 is 0. The molecule has 10 heteroatoms. The van der Waals surface area contributed by atoms with E-state index < -0.39 is 38.7 Å². The molecule has 3 aromatic rings. The number of benzene rings is 3. The number of ether oxygens (including phenoxy) is 3. The van der Waals surface area contributed by atoms with E-state index in [4.69, 9.17) is 18.8 Å². The molecule has 1 heterocycles. The normalized spacial score (nSPS) is 18.1. The third-order valence-electron chi connectivity index (χ3n) is 6.89. The van der Waals surface area contributed by atoms with Crippen LogP contribution < -0.4 is 4.74 Å². The Morgan fingerprint density at radius 2 is 1.27 bits per heavy atom. The van der Waals surface area contributed by atoms with E-state index in [1.54, 1.807) is 12.1 Å².